The maximum atomic E-state index is 16.2. The van der Waals surface area contributed by atoms with Crippen molar-refractivity contribution < 1.29 is 31.8 Å². The lowest BCUT2D eigenvalue weighted by Gasteiger charge is -2.49. The van der Waals surface area contributed by atoms with E-state index in [-0.39, 0.29) is 36.2 Å². The van der Waals surface area contributed by atoms with Gasteiger partial charge >= 0.3 is 0 Å². The number of methoxy groups -OCH3 is 1. The van der Waals surface area contributed by atoms with Gasteiger partial charge in [-0.2, -0.15) is 0 Å². The van der Waals surface area contributed by atoms with Gasteiger partial charge in [0.25, 0.3) is 5.91 Å². The Morgan fingerprint density at radius 1 is 1.17 bits per heavy atom. The first-order valence-electron chi connectivity index (χ1n) is 17.0. The fourth-order valence-corrected chi connectivity index (χ4v) is 9.24. The molecule has 0 saturated carbocycles. The molecule has 9 nitrogen and oxygen atoms in total. The Morgan fingerprint density at radius 2 is 2.00 bits per heavy atom. The fraction of sp³-hybridized carbons (Fsp3) is 0.583. The fourth-order valence-electron chi connectivity index (χ4n) is 7.63. The third-order valence-electron chi connectivity index (χ3n) is 10.8. The summed E-state index contributed by atoms with van der Waals surface area (Å²) < 4.78 is 60.4. The molecule has 0 radical (unpaired) electrons. The molecule has 12 heteroatoms. The van der Waals surface area contributed by atoms with Crippen molar-refractivity contribution in [3.63, 3.8) is 0 Å². The van der Waals surface area contributed by atoms with Crippen molar-refractivity contribution in [2.45, 2.75) is 68.7 Å². The molecule has 0 aromatic heterocycles. The zero-order chi connectivity index (χ0) is 34.1. The molecule has 4 aliphatic rings. The van der Waals surface area contributed by atoms with E-state index in [9.17, 15) is 13.2 Å². The van der Waals surface area contributed by atoms with Crippen LogP contribution in [0.5, 0.6) is 5.75 Å². The first-order chi connectivity index (χ1) is 23.0. The summed E-state index contributed by atoms with van der Waals surface area (Å²) in [7, 11) is -2.11. The number of nitrogens with one attached hydrogen (secondary N) is 1. The average Bonchev–Trinajstić information content (AvgIpc) is 3.21. The van der Waals surface area contributed by atoms with E-state index >= 15 is 4.39 Å². The molecule has 262 valence electrons. The number of carbonyl (C=O) groups is 1. The summed E-state index contributed by atoms with van der Waals surface area (Å²) >= 11 is 6.43. The summed E-state index contributed by atoms with van der Waals surface area (Å²) in [5.74, 6) is -0.991. The van der Waals surface area contributed by atoms with Gasteiger partial charge in [-0.15, -0.1) is 0 Å². The highest BCUT2D eigenvalue weighted by Gasteiger charge is 2.44. The molecule has 2 bridgehead atoms. The molecule has 2 aromatic rings. The Labute approximate surface area is 288 Å². The Hall–Kier alpha value is -2.70. The van der Waals surface area contributed by atoms with Gasteiger partial charge in [0.2, 0.25) is 0 Å². The number of hydrogen-bond acceptors (Lipinski definition) is 8. The Morgan fingerprint density at radius 3 is 2.77 bits per heavy atom. The minimum Gasteiger partial charge on any atom is -0.490 e. The SMILES string of the molecule is COCCOC[C@H]1/C(F)=C/C[C@H](C)[C@@H](C)S(=O)(=O)CNC(=O)c2ccc3c(c2)N(C[C@@H]2CCN21)C[C@@]1(CCCc2cc(Cl)ccc21)CO3. The first-order valence-corrected chi connectivity index (χ1v) is 19.1. The van der Waals surface area contributed by atoms with Gasteiger partial charge in [-0.05, 0) is 86.4 Å². The van der Waals surface area contributed by atoms with Crippen molar-refractivity contribution in [2.24, 2.45) is 5.92 Å². The molecule has 5 atom stereocenters. The topological polar surface area (TPSA) is 97.4 Å². The number of ether oxygens (including phenoxy) is 3. The van der Waals surface area contributed by atoms with Gasteiger partial charge < -0.3 is 24.4 Å². The smallest absolute Gasteiger partial charge is 0.252 e. The number of nitrogens with zero attached hydrogens (tertiary/aromatic N) is 2. The molecule has 48 heavy (non-hydrogen) atoms. The number of anilines is 1. The van der Waals surface area contributed by atoms with Crippen LogP contribution in [0.25, 0.3) is 0 Å². The average molecular weight is 704 g/mol. The highest BCUT2D eigenvalue weighted by molar-refractivity contribution is 7.92. The largest absolute Gasteiger partial charge is 0.490 e. The lowest BCUT2D eigenvalue weighted by Crippen LogP contribution is -2.60. The second kappa shape index (κ2) is 14.6. The number of allylic oxidation sites excluding steroid dienone is 1. The summed E-state index contributed by atoms with van der Waals surface area (Å²) in [4.78, 5) is 17.9. The first kappa shape index (κ1) is 35.1. The van der Waals surface area contributed by atoms with Crippen molar-refractivity contribution in [1.82, 2.24) is 10.2 Å². The number of hydrogen-bond donors (Lipinski definition) is 1. The number of rotatable bonds is 5. The lowest BCUT2D eigenvalue weighted by molar-refractivity contribution is -0.0115. The van der Waals surface area contributed by atoms with Gasteiger partial charge in [-0.25, -0.2) is 12.8 Å². The van der Waals surface area contributed by atoms with Crippen LogP contribution in [0.2, 0.25) is 5.02 Å². The number of sulfone groups is 1. The lowest BCUT2D eigenvalue weighted by atomic mass is 9.70. The normalized spacial score (nSPS) is 30.4. The summed E-state index contributed by atoms with van der Waals surface area (Å²) in [5.41, 5.74) is 3.26. The van der Waals surface area contributed by atoms with Crippen molar-refractivity contribution in [3.8, 4) is 5.75 Å². The van der Waals surface area contributed by atoms with Crippen LogP contribution in [-0.2, 0) is 31.1 Å². The van der Waals surface area contributed by atoms with Crippen LogP contribution in [0.1, 0.15) is 61.0 Å². The number of carbonyl (C=O) groups excluding carboxylic acids is 1. The summed E-state index contributed by atoms with van der Waals surface area (Å²) in [6.45, 7) is 6.73. The number of benzene rings is 2. The molecular formula is C36H47ClFN3O6S. The third-order valence-corrected chi connectivity index (χ3v) is 13.2. The van der Waals surface area contributed by atoms with E-state index in [0.717, 1.165) is 31.4 Å². The second-order valence-electron chi connectivity index (χ2n) is 13.9. The Bertz CT molecular complexity index is 1640. The minimum absolute atomic E-state index is 0.0151. The van der Waals surface area contributed by atoms with Crippen LogP contribution in [0.4, 0.5) is 10.1 Å². The van der Waals surface area contributed by atoms with E-state index in [0.29, 0.717) is 55.8 Å². The second-order valence-corrected chi connectivity index (χ2v) is 16.7. The van der Waals surface area contributed by atoms with Crippen LogP contribution in [-0.4, -0.2) is 95.6 Å². The van der Waals surface area contributed by atoms with Crippen LogP contribution < -0.4 is 15.0 Å². The molecule has 1 aliphatic carbocycles. The molecule has 3 aliphatic heterocycles. The molecule has 1 spiro atoms. The van der Waals surface area contributed by atoms with Crippen LogP contribution in [0, 0.1) is 5.92 Å². The molecule has 1 amide bonds. The van der Waals surface area contributed by atoms with Crippen LogP contribution >= 0.6 is 11.6 Å². The zero-order valence-corrected chi connectivity index (χ0v) is 29.6. The molecule has 1 N–H and O–H groups in total. The quantitative estimate of drug-likeness (QED) is 0.419. The molecule has 0 unspecified atom stereocenters. The molecule has 6 rings (SSSR count). The highest BCUT2D eigenvalue weighted by atomic mass is 35.5. The number of aryl methyl sites for hydroxylation is 1. The van der Waals surface area contributed by atoms with Gasteiger partial charge in [0.15, 0.2) is 9.84 Å². The minimum atomic E-state index is -3.71. The number of fused-ring (bicyclic) bond motifs is 4. The van der Waals surface area contributed by atoms with E-state index in [1.807, 2.05) is 12.1 Å². The predicted molar refractivity (Wildman–Crippen MR) is 185 cm³/mol. The molecule has 1 saturated heterocycles. The summed E-state index contributed by atoms with van der Waals surface area (Å²) in [5, 5.41) is 2.57. The van der Waals surface area contributed by atoms with E-state index < -0.39 is 32.9 Å². The van der Waals surface area contributed by atoms with Gasteiger partial charge in [-0.3, -0.25) is 9.69 Å². The van der Waals surface area contributed by atoms with Crippen LogP contribution in [0.3, 0.4) is 0 Å². The summed E-state index contributed by atoms with van der Waals surface area (Å²) in [6, 6.07) is 10.8. The van der Waals surface area contributed by atoms with Gasteiger partial charge in [0, 0.05) is 48.8 Å². The van der Waals surface area contributed by atoms with Crippen molar-refractivity contribution in [2.75, 3.05) is 63.9 Å². The number of amides is 1. The van der Waals surface area contributed by atoms with E-state index in [4.69, 9.17) is 25.8 Å². The van der Waals surface area contributed by atoms with Crippen LogP contribution in [0.15, 0.2) is 48.3 Å². The van der Waals surface area contributed by atoms with Crippen molar-refractivity contribution >= 4 is 33.0 Å². The third kappa shape index (κ3) is 7.26. The van der Waals surface area contributed by atoms with E-state index in [2.05, 4.69) is 27.2 Å². The Kier molecular flexibility index (Phi) is 10.7. The molecule has 1 fully saturated rings. The van der Waals surface area contributed by atoms with E-state index in [1.54, 1.807) is 33.1 Å². The summed E-state index contributed by atoms with van der Waals surface area (Å²) in [6.07, 6.45) is 5.50. The van der Waals surface area contributed by atoms with Gasteiger partial charge in [0.1, 0.15) is 17.5 Å². The Balaban J connectivity index is 1.40. The molecule has 2 aromatic carbocycles. The maximum absolute atomic E-state index is 16.2. The van der Waals surface area contributed by atoms with Crippen molar-refractivity contribution in [1.29, 1.82) is 0 Å². The number of halogens is 2. The van der Waals surface area contributed by atoms with E-state index in [1.165, 1.54) is 17.2 Å². The monoisotopic (exact) mass is 703 g/mol. The maximum Gasteiger partial charge on any atom is 0.252 e. The van der Waals surface area contributed by atoms with Gasteiger partial charge in [-0.1, -0.05) is 30.7 Å². The predicted octanol–water partition coefficient (Wildman–Crippen LogP) is 5.30. The molecule has 3 heterocycles. The van der Waals surface area contributed by atoms with Gasteiger partial charge in [0.05, 0.1) is 43.4 Å². The van der Waals surface area contributed by atoms with Crippen molar-refractivity contribution in [3.05, 3.63) is 70.0 Å². The highest BCUT2D eigenvalue weighted by Crippen LogP contribution is 2.45. The standard InChI is InChI=1S/C36H47ClFN3O6S/c1-24-6-10-31(38)33(20-46-16-15-45-3)41-14-12-29(41)19-40-21-36(13-4-5-26-17-28(37)8-9-30(26)36)22-47-34-11-7-27(18-32(34)40)35(42)39-23-48(43,44)25(24)2/h7-11,17-18,24-25,29,33H,4-6,12-16,19-23H2,1-3H3,(H,39,42)/b31-10-/t24-,25+,29-,33-,36-/m0/s1. The molecular weight excluding hydrogens is 657 g/mol. The zero-order valence-electron chi connectivity index (χ0n) is 28.1.